The van der Waals surface area contributed by atoms with E-state index in [1.165, 1.54) is 6.20 Å². The van der Waals surface area contributed by atoms with Gasteiger partial charge in [-0.25, -0.2) is 4.98 Å². The summed E-state index contributed by atoms with van der Waals surface area (Å²) >= 11 is 0. The minimum absolute atomic E-state index is 0.0384. The summed E-state index contributed by atoms with van der Waals surface area (Å²) in [5.74, 6) is 0.739. The Morgan fingerprint density at radius 1 is 1.45 bits per heavy atom. The highest BCUT2D eigenvalue weighted by atomic mass is 32.2. The van der Waals surface area contributed by atoms with E-state index in [9.17, 15) is 8.42 Å². The zero-order chi connectivity index (χ0) is 14.9. The molecule has 0 saturated carbocycles. The summed E-state index contributed by atoms with van der Waals surface area (Å²) in [6.45, 7) is 6.21. The molecule has 0 aromatic carbocycles. The first-order chi connectivity index (χ1) is 9.35. The SMILES string of the molecule is CCCn1cc(S(=O)(=O)Nc2n[nH]c(C)c2N)nc1C. The molecule has 9 heteroatoms. The lowest BCUT2D eigenvalue weighted by Crippen LogP contribution is -2.14. The van der Waals surface area contributed by atoms with E-state index in [0.29, 0.717) is 11.5 Å². The Morgan fingerprint density at radius 3 is 2.70 bits per heavy atom. The fraction of sp³-hybridized carbons (Fsp3) is 0.455. The van der Waals surface area contributed by atoms with Crippen LogP contribution in [0.5, 0.6) is 0 Å². The molecule has 0 aliphatic rings. The summed E-state index contributed by atoms with van der Waals surface area (Å²) in [6, 6.07) is 0. The Morgan fingerprint density at radius 2 is 2.15 bits per heavy atom. The van der Waals surface area contributed by atoms with Gasteiger partial charge in [-0.2, -0.15) is 13.5 Å². The highest BCUT2D eigenvalue weighted by Gasteiger charge is 2.21. The van der Waals surface area contributed by atoms with Crippen molar-refractivity contribution in [1.82, 2.24) is 19.7 Å². The molecule has 0 atom stereocenters. The van der Waals surface area contributed by atoms with Gasteiger partial charge in [0.1, 0.15) is 5.82 Å². The number of hydrogen-bond donors (Lipinski definition) is 3. The summed E-state index contributed by atoms with van der Waals surface area (Å²) < 4.78 is 28.6. The number of rotatable bonds is 5. The molecule has 0 unspecified atom stereocenters. The van der Waals surface area contributed by atoms with Gasteiger partial charge >= 0.3 is 0 Å². The second kappa shape index (κ2) is 5.16. The highest BCUT2D eigenvalue weighted by molar-refractivity contribution is 7.92. The van der Waals surface area contributed by atoms with Crippen molar-refractivity contribution in [1.29, 1.82) is 0 Å². The normalized spacial score (nSPS) is 11.8. The fourth-order valence-electron chi connectivity index (χ4n) is 1.77. The van der Waals surface area contributed by atoms with Gasteiger partial charge in [0.2, 0.25) is 0 Å². The number of anilines is 2. The number of H-pyrrole nitrogens is 1. The van der Waals surface area contributed by atoms with E-state index in [1.807, 2.05) is 6.92 Å². The molecule has 2 aromatic heterocycles. The Kier molecular flexibility index (Phi) is 3.71. The summed E-state index contributed by atoms with van der Waals surface area (Å²) in [4.78, 5) is 4.07. The number of nitrogens with zero attached hydrogens (tertiary/aromatic N) is 3. The van der Waals surface area contributed by atoms with E-state index in [-0.39, 0.29) is 16.5 Å². The molecule has 2 aromatic rings. The van der Waals surface area contributed by atoms with Crippen molar-refractivity contribution in [3.05, 3.63) is 17.7 Å². The van der Waals surface area contributed by atoms with Crippen LogP contribution in [0.2, 0.25) is 0 Å². The van der Waals surface area contributed by atoms with Gasteiger partial charge in [0.25, 0.3) is 10.0 Å². The van der Waals surface area contributed by atoms with Crippen LogP contribution in [0.3, 0.4) is 0 Å². The van der Waals surface area contributed by atoms with Crippen molar-refractivity contribution in [2.45, 2.75) is 38.8 Å². The molecule has 8 nitrogen and oxygen atoms in total. The minimum atomic E-state index is -3.79. The van der Waals surface area contributed by atoms with Gasteiger partial charge in [-0.3, -0.25) is 9.82 Å². The number of aromatic amines is 1. The molecule has 0 radical (unpaired) electrons. The van der Waals surface area contributed by atoms with Crippen molar-refractivity contribution in [2.75, 3.05) is 10.5 Å². The van der Waals surface area contributed by atoms with Gasteiger partial charge in [0.15, 0.2) is 10.8 Å². The van der Waals surface area contributed by atoms with Crippen LogP contribution in [0, 0.1) is 13.8 Å². The van der Waals surface area contributed by atoms with Crippen LogP contribution in [0.25, 0.3) is 0 Å². The van der Waals surface area contributed by atoms with E-state index < -0.39 is 10.0 Å². The van der Waals surface area contributed by atoms with E-state index in [0.717, 1.165) is 13.0 Å². The number of nitrogen functional groups attached to an aromatic ring is 1. The number of nitrogens with one attached hydrogen (secondary N) is 2. The molecule has 0 spiro atoms. The van der Waals surface area contributed by atoms with Crippen LogP contribution >= 0.6 is 0 Å². The predicted octanol–water partition coefficient (Wildman–Crippen LogP) is 1.02. The van der Waals surface area contributed by atoms with Crippen LogP contribution in [0.15, 0.2) is 11.2 Å². The van der Waals surface area contributed by atoms with Gasteiger partial charge in [0.05, 0.1) is 11.4 Å². The quantitative estimate of drug-likeness (QED) is 0.761. The Balaban J connectivity index is 2.31. The molecule has 0 aliphatic carbocycles. The van der Waals surface area contributed by atoms with Gasteiger partial charge in [-0.15, -0.1) is 0 Å². The molecular weight excluding hydrogens is 280 g/mol. The third-order valence-electron chi connectivity index (χ3n) is 2.92. The Hall–Kier alpha value is -2.03. The topological polar surface area (TPSA) is 119 Å². The van der Waals surface area contributed by atoms with E-state index in [4.69, 9.17) is 5.73 Å². The van der Waals surface area contributed by atoms with E-state index >= 15 is 0 Å². The summed E-state index contributed by atoms with van der Waals surface area (Å²) in [5.41, 5.74) is 6.61. The number of sulfonamides is 1. The molecule has 0 aliphatic heterocycles. The third-order valence-corrected chi connectivity index (χ3v) is 4.13. The first-order valence-corrected chi connectivity index (χ1v) is 7.70. The average molecular weight is 298 g/mol. The number of nitrogens with two attached hydrogens (primary N) is 1. The molecule has 0 fully saturated rings. The lowest BCUT2D eigenvalue weighted by molar-refractivity contribution is 0.597. The zero-order valence-electron chi connectivity index (χ0n) is 11.6. The first kappa shape index (κ1) is 14.4. The maximum atomic E-state index is 12.2. The van der Waals surface area contributed by atoms with Crippen molar-refractivity contribution >= 4 is 21.5 Å². The highest BCUT2D eigenvalue weighted by Crippen LogP contribution is 2.21. The lowest BCUT2D eigenvalue weighted by atomic mass is 10.4. The van der Waals surface area contributed by atoms with Crippen molar-refractivity contribution in [3.63, 3.8) is 0 Å². The van der Waals surface area contributed by atoms with Gasteiger partial charge in [-0.1, -0.05) is 6.92 Å². The van der Waals surface area contributed by atoms with Crippen LogP contribution in [0.4, 0.5) is 11.5 Å². The average Bonchev–Trinajstić information content (AvgIpc) is 2.89. The monoisotopic (exact) mass is 298 g/mol. The Labute approximate surface area is 117 Å². The van der Waals surface area contributed by atoms with E-state index in [2.05, 4.69) is 19.9 Å². The molecule has 0 bridgehead atoms. The van der Waals surface area contributed by atoms with Gasteiger partial charge in [0, 0.05) is 12.7 Å². The second-order valence-corrected chi connectivity index (χ2v) is 6.17. The Bertz CT molecular complexity index is 715. The summed E-state index contributed by atoms with van der Waals surface area (Å²) in [5, 5.41) is 6.40. The van der Waals surface area contributed by atoms with Crippen molar-refractivity contribution < 1.29 is 8.42 Å². The standard InChI is InChI=1S/C11H18N6O2S/c1-4-5-17-6-9(13-8(17)3)20(18,19)16-11-10(12)7(2)14-15-11/h6H,4-5,12H2,1-3H3,(H2,14,15,16). The maximum absolute atomic E-state index is 12.2. The van der Waals surface area contributed by atoms with Crippen LogP contribution in [-0.2, 0) is 16.6 Å². The van der Waals surface area contributed by atoms with Gasteiger partial charge in [-0.05, 0) is 20.3 Å². The summed E-state index contributed by atoms with van der Waals surface area (Å²) in [6.07, 6.45) is 2.41. The number of aromatic nitrogens is 4. The largest absolute Gasteiger partial charge is 0.394 e. The first-order valence-electron chi connectivity index (χ1n) is 6.22. The molecule has 4 N–H and O–H groups in total. The molecule has 0 saturated heterocycles. The third kappa shape index (κ3) is 2.62. The molecular formula is C11H18N6O2S. The smallest absolute Gasteiger partial charge is 0.282 e. The minimum Gasteiger partial charge on any atom is -0.394 e. The van der Waals surface area contributed by atoms with E-state index in [1.54, 1.807) is 18.4 Å². The zero-order valence-corrected chi connectivity index (χ0v) is 12.5. The molecule has 2 rings (SSSR count). The van der Waals surface area contributed by atoms with Crippen LogP contribution < -0.4 is 10.5 Å². The number of hydrogen-bond acceptors (Lipinski definition) is 5. The lowest BCUT2D eigenvalue weighted by Gasteiger charge is -2.03. The predicted molar refractivity (Wildman–Crippen MR) is 75.8 cm³/mol. The van der Waals surface area contributed by atoms with Crippen molar-refractivity contribution in [2.24, 2.45) is 0 Å². The van der Waals surface area contributed by atoms with Gasteiger partial charge < -0.3 is 10.3 Å². The number of aryl methyl sites for hydroxylation is 3. The second-order valence-electron chi connectivity index (χ2n) is 4.54. The maximum Gasteiger partial charge on any atom is 0.282 e. The van der Waals surface area contributed by atoms with Crippen LogP contribution in [-0.4, -0.2) is 28.2 Å². The molecule has 20 heavy (non-hydrogen) atoms. The molecule has 2 heterocycles. The number of imidazole rings is 1. The summed E-state index contributed by atoms with van der Waals surface area (Å²) in [7, 11) is -3.79. The van der Waals surface area contributed by atoms with Crippen molar-refractivity contribution in [3.8, 4) is 0 Å². The fourth-order valence-corrected chi connectivity index (χ4v) is 2.80. The molecule has 0 amide bonds. The molecule has 110 valence electrons. The van der Waals surface area contributed by atoms with Crippen LogP contribution in [0.1, 0.15) is 24.9 Å².